The highest BCUT2D eigenvalue weighted by atomic mass is 32.2. The van der Waals surface area contributed by atoms with Gasteiger partial charge in [-0.1, -0.05) is 17.3 Å². The zero-order valence-corrected chi connectivity index (χ0v) is 15.4. The number of halogens is 1. The van der Waals surface area contributed by atoms with Gasteiger partial charge in [-0.2, -0.15) is 4.98 Å². The highest BCUT2D eigenvalue weighted by molar-refractivity contribution is 7.99. The smallest absolute Gasteiger partial charge is 0.307 e. The van der Waals surface area contributed by atoms with Gasteiger partial charge >= 0.3 is 5.97 Å². The van der Waals surface area contributed by atoms with Gasteiger partial charge in [0.2, 0.25) is 5.82 Å². The number of benzene rings is 2. The molecule has 140 valence electrons. The van der Waals surface area contributed by atoms with Gasteiger partial charge in [0, 0.05) is 10.6 Å². The van der Waals surface area contributed by atoms with E-state index in [4.69, 9.17) is 14.0 Å². The Morgan fingerprint density at radius 3 is 2.74 bits per heavy atom. The van der Waals surface area contributed by atoms with E-state index < -0.39 is 0 Å². The Bertz CT molecular complexity index is 899. The van der Waals surface area contributed by atoms with Crippen molar-refractivity contribution >= 4 is 17.7 Å². The molecule has 0 saturated carbocycles. The Hall–Kier alpha value is -2.87. The highest BCUT2D eigenvalue weighted by Crippen LogP contribution is 2.27. The van der Waals surface area contributed by atoms with Crippen LogP contribution in [0, 0.1) is 5.82 Å². The lowest BCUT2D eigenvalue weighted by molar-refractivity contribution is -0.145. The first-order valence-corrected chi connectivity index (χ1v) is 9.14. The van der Waals surface area contributed by atoms with E-state index in [1.165, 1.54) is 23.9 Å². The number of rotatable bonds is 8. The van der Waals surface area contributed by atoms with E-state index >= 15 is 0 Å². The number of methoxy groups -OCH3 is 1. The molecule has 0 atom stereocenters. The second-order valence-electron chi connectivity index (χ2n) is 5.43. The first-order valence-electron chi connectivity index (χ1n) is 8.15. The van der Waals surface area contributed by atoms with Crippen LogP contribution in [0.3, 0.4) is 0 Å². The van der Waals surface area contributed by atoms with Crippen LogP contribution in [0.1, 0.15) is 12.3 Å². The van der Waals surface area contributed by atoms with Crippen LogP contribution in [0.5, 0.6) is 5.75 Å². The van der Waals surface area contributed by atoms with Gasteiger partial charge < -0.3 is 14.0 Å². The summed E-state index contributed by atoms with van der Waals surface area (Å²) in [7, 11) is 1.56. The van der Waals surface area contributed by atoms with Gasteiger partial charge in [-0.15, -0.1) is 11.8 Å². The number of ether oxygens (including phenoxy) is 2. The fourth-order valence-corrected chi connectivity index (χ4v) is 3.08. The summed E-state index contributed by atoms with van der Waals surface area (Å²) in [4.78, 5) is 16.9. The predicted molar refractivity (Wildman–Crippen MR) is 97.8 cm³/mol. The Morgan fingerprint density at radius 2 is 1.96 bits per heavy atom. The molecule has 0 aliphatic heterocycles. The van der Waals surface area contributed by atoms with Gasteiger partial charge in [-0.25, -0.2) is 4.39 Å². The van der Waals surface area contributed by atoms with Crippen molar-refractivity contribution in [2.75, 3.05) is 12.9 Å². The molecule has 0 unspecified atom stereocenters. The molecular weight excluding hydrogens is 371 g/mol. The summed E-state index contributed by atoms with van der Waals surface area (Å²) >= 11 is 1.45. The van der Waals surface area contributed by atoms with Crippen LogP contribution < -0.4 is 4.74 Å². The fourth-order valence-electron chi connectivity index (χ4n) is 2.25. The number of hydrogen-bond acceptors (Lipinski definition) is 7. The van der Waals surface area contributed by atoms with Crippen LogP contribution >= 0.6 is 11.8 Å². The molecule has 0 N–H and O–H groups in total. The molecule has 1 aromatic heterocycles. The van der Waals surface area contributed by atoms with Crippen LogP contribution in [0.15, 0.2) is 57.9 Å². The van der Waals surface area contributed by atoms with E-state index in [2.05, 4.69) is 10.1 Å². The minimum atomic E-state index is -0.373. The zero-order valence-electron chi connectivity index (χ0n) is 14.6. The SMILES string of the molecule is COc1ccccc1-c1noc(COC(=O)CCSc2ccc(F)cc2)n1. The van der Waals surface area contributed by atoms with Crippen LogP contribution in [-0.4, -0.2) is 29.0 Å². The molecule has 0 aliphatic rings. The molecule has 0 amide bonds. The maximum absolute atomic E-state index is 12.8. The largest absolute Gasteiger partial charge is 0.496 e. The molecule has 0 spiro atoms. The Balaban J connectivity index is 1.46. The number of nitrogens with zero attached hydrogens (tertiary/aromatic N) is 2. The average Bonchev–Trinajstić information content (AvgIpc) is 3.17. The van der Waals surface area contributed by atoms with Gasteiger partial charge in [0.25, 0.3) is 5.89 Å². The lowest BCUT2D eigenvalue weighted by atomic mass is 10.2. The van der Waals surface area contributed by atoms with E-state index in [0.717, 1.165) is 4.90 Å². The highest BCUT2D eigenvalue weighted by Gasteiger charge is 2.14. The van der Waals surface area contributed by atoms with Crippen LogP contribution in [0.2, 0.25) is 0 Å². The van der Waals surface area contributed by atoms with E-state index in [1.54, 1.807) is 25.3 Å². The van der Waals surface area contributed by atoms with Crippen molar-refractivity contribution < 1.29 is 23.2 Å². The predicted octanol–water partition coefficient (Wildman–Crippen LogP) is 4.11. The summed E-state index contributed by atoms with van der Waals surface area (Å²) in [5, 5.41) is 3.89. The number of hydrogen-bond donors (Lipinski definition) is 0. The molecule has 0 saturated heterocycles. The number of carbonyl (C=O) groups is 1. The molecular formula is C19H17FN2O4S. The number of esters is 1. The monoisotopic (exact) mass is 388 g/mol. The second-order valence-corrected chi connectivity index (χ2v) is 6.59. The minimum absolute atomic E-state index is 0.0950. The van der Waals surface area contributed by atoms with Gasteiger partial charge in [0.1, 0.15) is 11.6 Å². The molecule has 3 aromatic rings. The zero-order chi connectivity index (χ0) is 19.1. The first kappa shape index (κ1) is 18.9. The van der Waals surface area contributed by atoms with E-state index in [0.29, 0.717) is 22.9 Å². The van der Waals surface area contributed by atoms with Crippen LogP contribution in [-0.2, 0) is 16.1 Å². The number of thioether (sulfide) groups is 1. The summed E-state index contributed by atoms with van der Waals surface area (Å²) in [6.07, 6.45) is 0.218. The molecule has 0 fully saturated rings. The normalized spacial score (nSPS) is 10.6. The Morgan fingerprint density at radius 1 is 1.19 bits per heavy atom. The summed E-state index contributed by atoms with van der Waals surface area (Å²) in [5.74, 6) is 1.06. The summed E-state index contributed by atoms with van der Waals surface area (Å²) in [5.41, 5.74) is 0.692. The molecule has 1 heterocycles. The molecule has 27 heavy (non-hydrogen) atoms. The second kappa shape index (κ2) is 9.18. The Kier molecular flexibility index (Phi) is 6.43. The lowest BCUT2D eigenvalue weighted by Gasteiger charge is -2.03. The maximum Gasteiger partial charge on any atom is 0.307 e. The molecule has 0 radical (unpaired) electrons. The third-order valence-corrected chi connectivity index (χ3v) is 4.57. The topological polar surface area (TPSA) is 74.5 Å². The number of aromatic nitrogens is 2. The van der Waals surface area contributed by atoms with Gasteiger partial charge in [-0.3, -0.25) is 4.79 Å². The van der Waals surface area contributed by atoms with E-state index in [-0.39, 0.29) is 30.7 Å². The number of para-hydroxylation sites is 1. The van der Waals surface area contributed by atoms with Crippen molar-refractivity contribution in [3.63, 3.8) is 0 Å². The van der Waals surface area contributed by atoms with Gasteiger partial charge in [-0.05, 0) is 36.4 Å². The molecule has 2 aromatic carbocycles. The van der Waals surface area contributed by atoms with Crippen LogP contribution in [0.25, 0.3) is 11.4 Å². The van der Waals surface area contributed by atoms with E-state index in [1.807, 2.05) is 18.2 Å². The summed E-state index contributed by atoms with van der Waals surface area (Å²) < 4.78 is 28.4. The molecule has 0 bridgehead atoms. The van der Waals surface area contributed by atoms with Crippen molar-refractivity contribution in [2.24, 2.45) is 0 Å². The third kappa shape index (κ3) is 5.30. The van der Waals surface area contributed by atoms with Crippen LogP contribution in [0.4, 0.5) is 4.39 Å². The summed E-state index contributed by atoms with van der Waals surface area (Å²) in [6.45, 7) is -0.0950. The quantitative estimate of drug-likeness (QED) is 0.425. The molecule has 3 rings (SSSR count). The molecule has 0 aliphatic carbocycles. The standard InChI is InChI=1S/C19H17FN2O4S/c1-24-16-5-3-2-4-15(16)19-21-17(26-22-19)12-25-18(23)10-11-27-14-8-6-13(20)7-9-14/h2-9H,10-12H2,1H3. The lowest BCUT2D eigenvalue weighted by Crippen LogP contribution is -2.05. The minimum Gasteiger partial charge on any atom is -0.496 e. The van der Waals surface area contributed by atoms with Crippen molar-refractivity contribution in [1.29, 1.82) is 0 Å². The summed E-state index contributed by atoms with van der Waals surface area (Å²) in [6, 6.07) is 13.4. The van der Waals surface area contributed by atoms with Crippen molar-refractivity contribution in [2.45, 2.75) is 17.9 Å². The maximum atomic E-state index is 12.8. The van der Waals surface area contributed by atoms with Crippen molar-refractivity contribution in [3.05, 3.63) is 60.2 Å². The van der Waals surface area contributed by atoms with Crippen molar-refractivity contribution in [1.82, 2.24) is 10.1 Å². The van der Waals surface area contributed by atoms with E-state index in [9.17, 15) is 9.18 Å². The fraction of sp³-hybridized carbons (Fsp3) is 0.211. The molecule has 8 heteroatoms. The van der Waals surface area contributed by atoms with Crippen molar-refractivity contribution in [3.8, 4) is 17.1 Å². The van der Waals surface area contributed by atoms with Gasteiger partial charge in [0.15, 0.2) is 6.61 Å². The first-order chi connectivity index (χ1) is 13.2. The van der Waals surface area contributed by atoms with Gasteiger partial charge in [0.05, 0.1) is 19.1 Å². The number of carbonyl (C=O) groups excluding carboxylic acids is 1. The average molecular weight is 388 g/mol. The molecule has 6 nitrogen and oxygen atoms in total. The third-order valence-electron chi connectivity index (χ3n) is 3.56. The Labute approximate surface area is 159 Å².